The van der Waals surface area contributed by atoms with Crippen molar-refractivity contribution in [2.75, 3.05) is 27.2 Å². The van der Waals surface area contributed by atoms with E-state index in [1.807, 2.05) is 18.9 Å². The molecule has 1 saturated heterocycles. The SMILES string of the molecule is CCC(=O)N(C)C1CCN(C)C1. The first kappa shape index (κ1) is 9.52. The molecule has 1 rings (SSSR count). The second-order valence-corrected chi connectivity index (χ2v) is 3.56. The lowest BCUT2D eigenvalue weighted by Gasteiger charge is -2.23. The summed E-state index contributed by atoms with van der Waals surface area (Å²) in [5, 5.41) is 0. The Kier molecular flexibility index (Phi) is 3.09. The maximum absolute atomic E-state index is 11.3. The molecule has 3 heteroatoms. The Morgan fingerprint density at radius 1 is 1.67 bits per heavy atom. The van der Waals surface area contributed by atoms with Crippen LogP contribution in [0.1, 0.15) is 19.8 Å². The smallest absolute Gasteiger partial charge is 0.222 e. The Bertz CT molecular complexity index is 170. The summed E-state index contributed by atoms with van der Waals surface area (Å²) >= 11 is 0. The number of hydrogen-bond donors (Lipinski definition) is 0. The first-order chi connectivity index (χ1) is 5.65. The van der Waals surface area contributed by atoms with E-state index in [1.54, 1.807) is 0 Å². The third kappa shape index (κ3) is 1.97. The molecular formula is C9H18N2O. The molecule has 0 spiro atoms. The quantitative estimate of drug-likeness (QED) is 0.604. The zero-order chi connectivity index (χ0) is 9.14. The minimum Gasteiger partial charge on any atom is -0.341 e. The van der Waals surface area contributed by atoms with Crippen molar-refractivity contribution in [2.24, 2.45) is 0 Å². The van der Waals surface area contributed by atoms with Crippen molar-refractivity contribution in [3.8, 4) is 0 Å². The Morgan fingerprint density at radius 2 is 2.33 bits per heavy atom. The number of carbonyl (C=O) groups excluding carboxylic acids is 1. The van der Waals surface area contributed by atoms with Gasteiger partial charge < -0.3 is 9.80 Å². The zero-order valence-corrected chi connectivity index (χ0v) is 8.21. The number of likely N-dealkylation sites (tertiary alicyclic amines) is 1. The molecule has 1 aliphatic rings. The highest BCUT2D eigenvalue weighted by Gasteiger charge is 2.25. The maximum Gasteiger partial charge on any atom is 0.222 e. The Morgan fingerprint density at radius 3 is 2.75 bits per heavy atom. The molecule has 1 fully saturated rings. The fourth-order valence-electron chi connectivity index (χ4n) is 1.68. The molecule has 1 heterocycles. The lowest BCUT2D eigenvalue weighted by Crippen LogP contribution is -2.38. The zero-order valence-electron chi connectivity index (χ0n) is 8.21. The predicted octanol–water partition coefficient (Wildman–Crippen LogP) is 0.559. The Hall–Kier alpha value is -0.570. The predicted molar refractivity (Wildman–Crippen MR) is 49.0 cm³/mol. The van der Waals surface area contributed by atoms with Gasteiger partial charge in [-0.3, -0.25) is 4.79 Å². The molecule has 3 nitrogen and oxygen atoms in total. The fraction of sp³-hybridized carbons (Fsp3) is 0.889. The van der Waals surface area contributed by atoms with Crippen molar-refractivity contribution < 1.29 is 4.79 Å². The van der Waals surface area contributed by atoms with Gasteiger partial charge in [-0.2, -0.15) is 0 Å². The normalized spacial score (nSPS) is 24.4. The van der Waals surface area contributed by atoms with Crippen LogP contribution in [0.15, 0.2) is 0 Å². The van der Waals surface area contributed by atoms with Crippen molar-refractivity contribution in [3.05, 3.63) is 0 Å². The summed E-state index contributed by atoms with van der Waals surface area (Å²) in [6, 6.07) is 0.447. The van der Waals surface area contributed by atoms with Crippen LogP contribution in [0.2, 0.25) is 0 Å². The second-order valence-electron chi connectivity index (χ2n) is 3.56. The molecular weight excluding hydrogens is 152 g/mol. The van der Waals surface area contributed by atoms with Gasteiger partial charge in [-0.05, 0) is 20.0 Å². The third-order valence-corrected chi connectivity index (χ3v) is 2.61. The van der Waals surface area contributed by atoms with Crippen molar-refractivity contribution in [3.63, 3.8) is 0 Å². The van der Waals surface area contributed by atoms with E-state index < -0.39 is 0 Å². The van der Waals surface area contributed by atoms with Crippen LogP contribution in [0.3, 0.4) is 0 Å². The molecule has 70 valence electrons. The molecule has 0 saturated carbocycles. The van der Waals surface area contributed by atoms with Crippen LogP contribution in [0.5, 0.6) is 0 Å². The lowest BCUT2D eigenvalue weighted by atomic mass is 10.2. The van der Waals surface area contributed by atoms with Gasteiger partial charge in [0, 0.05) is 26.1 Å². The first-order valence-corrected chi connectivity index (χ1v) is 4.59. The van der Waals surface area contributed by atoms with Gasteiger partial charge in [0.15, 0.2) is 0 Å². The third-order valence-electron chi connectivity index (χ3n) is 2.61. The molecule has 1 atom stereocenters. The van der Waals surface area contributed by atoms with E-state index in [0.717, 1.165) is 19.5 Å². The lowest BCUT2D eigenvalue weighted by molar-refractivity contribution is -0.131. The molecule has 0 aromatic rings. The highest BCUT2D eigenvalue weighted by Crippen LogP contribution is 2.12. The van der Waals surface area contributed by atoms with E-state index in [4.69, 9.17) is 0 Å². The van der Waals surface area contributed by atoms with Gasteiger partial charge in [0.25, 0.3) is 0 Å². The van der Waals surface area contributed by atoms with Crippen molar-refractivity contribution in [2.45, 2.75) is 25.8 Å². The van der Waals surface area contributed by atoms with E-state index in [1.165, 1.54) is 0 Å². The van der Waals surface area contributed by atoms with Crippen LogP contribution < -0.4 is 0 Å². The van der Waals surface area contributed by atoms with Crippen molar-refractivity contribution in [1.82, 2.24) is 9.80 Å². The van der Waals surface area contributed by atoms with Crippen LogP contribution in [0, 0.1) is 0 Å². The molecule has 12 heavy (non-hydrogen) atoms. The topological polar surface area (TPSA) is 23.6 Å². The summed E-state index contributed by atoms with van der Waals surface area (Å²) < 4.78 is 0. The van der Waals surface area contributed by atoms with Gasteiger partial charge >= 0.3 is 0 Å². The van der Waals surface area contributed by atoms with Gasteiger partial charge in [-0.25, -0.2) is 0 Å². The van der Waals surface area contributed by atoms with Gasteiger partial charge in [0.05, 0.1) is 0 Å². The first-order valence-electron chi connectivity index (χ1n) is 4.59. The summed E-state index contributed by atoms with van der Waals surface area (Å²) in [5.41, 5.74) is 0. The van der Waals surface area contributed by atoms with Crippen LogP contribution in [-0.4, -0.2) is 48.9 Å². The molecule has 1 aliphatic heterocycles. The fourth-order valence-corrected chi connectivity index (χ4v) is 1.68. The molecule has 0 aromatic heterocycles. The van der Waals surface area contributed by atoms with E-state index in [0.29, 0.717) is 12.5 Å². The van der Waals surface area contributed by atoms with Crippen LogP contribution in [0.25, 0.3) is 0 Å². The summed E-state index contributed by atoms with van der Waals surface area (Å²) in [6.45, 7) is 4.06. The van der Waals surface area contributed by atoms with E-state index >= 15 is 0 Å². The Balaban J connectivity index is 2.42. The largest absolute Gasteiger partial charge is 0.341 e. The second kappa shape index (κ2) is 3.90. The van der Waals surface area contributed by atoms with Crippen LogP contribution in [0.4, 0.5) is 0 Å². The molecule has 0 radical (unpaired) electrons. The molecule has 0 aromatic carbocycles. The average molecular weight is 170 g/mol. The van der Waals surface area contributed by atoms with Gasteiger partial charge in [0.1, 0.15) is 0 Å². The average Bonchev–Trinajstić information content (AvgIpc) is 2.49. The molecule has 1 amide bonds. The highest BCUT2D eigenvalue weighted by atomic mass is 16.2. The summed E-state index contributed by atoms with van der Waals surface area (Å²) in [7, 11) is 4.01. The van der Waals surface area contributed by atoms with Gasteiger partial charge in [0.2, 0.25) is 5.91 Å². The monoisotopic (exact) mass is 170 g/mol. The standard InChI is InChI=1S/C9H18N2O/c1-4-9(12)11(3)8-5-6-10(2)7-8/h8H,4-7H2,1-3H3. The number of carbonyl (C=O) groups is 1. The summed E-state index contributed by atoms with van der Waals surface area (Å²) in [4.78, 5) is 15.5. The Labute approximate surface area is 74.3 Å². The minimum atomic E-state index is 0.260. The number of likely N-dealkylation sites (N-methyl/N-ethyl adjacent to an activating group) is 2. The molecule has 0 aliphatic carbocycles. The van der Waals surface area contributed by atoms with Crippen LogP contribution in [-0.2, 0) is 4.79 Å². The molecule has 0 bridgehead atoms. The van der Waals surface area contributed by atoms with Crippen molar-refractivity contribution >= 4 is 5.91 Å². The maximum atomic E-state index is 11.3. The molecule has 1 unspecified atom stereocenters. The number of hydrogen-bond acceptors (Lipinski definition) is 2. The number of nitrogens with zero attached hydrogens (tertiary/aromatic N) is 2. The van der Waals surface area contributed by atoms with Crippen molar-refractivity contribution in [1.29, 1.82) is 0 Å². The molecule has 0 N–H and O–H groups in total. The number of rotatable bonds is 2. The highest BCUT2D eigenvalue weighted by molar-refractivity contribution is 5.75. The van der Waals surface area contributed by atoms with E-state index in [9.17, 15) is 4.79 Å². The van der Waals surface area contributed by atoms with E-state index in [2.05, 4.69) is 11.9 Å². The number of amides is 1. The minimum absolute atomic E-state index is 0.260. The summed E-state index contributed by atoms with van der Waals surface area (Å²) in [6.07, 6.45) is 1.75. The van der Waals surface area contributed by atoms with Gasteiger partial charge in [-0.1, -0.05) is 6.92 Å². The van der Waals surface area contributed by atoms with E-state index in [-0.39, 0.29) is 5.91 Å². The van der Waals surface area contributed by atoms with Crippen LogP contribution >= 0.6 is 0 Å². The summed E-state index contributed by atoms with van der Waals surface area (Å²) in [5.74, 6) is 0.260. The van der Waals surface area contributed by atoms with Gasteiger partial charge in [-0.15, -0.1) is 0 Å².